The van der Waals surface area contributed by atoms with Gasteiger partial charge in [-0.15, -0.1) is 0 Å². The molecule has 2 rings (SSSR count). The van der Waals surface area contributed by atoms with E-state index >= 15 is 0 Å². The first-order valence-corrected chi connectivity index (χ1v) is 6.14. The molecule has 1 aliphatic heterocycles. The second-order valence-electron chi connectivity index (χ2n) is 4.49. The Balaban J connectivity index is 2.11. The van der Waals surface area contributed by atoms with Crippen molar-refractivity contribution in [3.8, 4) is 0 Å². The molecule has 18 heavy (non-hydrogen) atoms. The van der Waals surface area contributed by atoms with Crippen LogP contribution in [-0.2, 0) is 16.1 Å². The largest absolute Gasteiger partial charge is 0.385 e. The Morgan fingerprint density at radius 3 is 2.89 bits per heavy atom. The molecule has 1 saturated heterocycles. The number of pyridine rings is 1. The molecule has 2 heterocycles. The minimum absolute atomic E-state index is 0.101. The topological polar surface area (TPSA) is 62.3 Å². The highest BCUT2D eigenvalue weighted by Crippen LogP contribution is 2.21. The average Bonchev–Trinajstić information content (AvgIpc) is 2.57. The van der Waals surface area contributed by atoms with E-state index in [1.165, 1.54) is 4.90 Å². The number of amides is 2. The Kier molecular flexibility index (Phi) is 3.60. The smallest absolute Gasteiger partial charge is 0.232 e. The number of nitrogens with zero attached hydrogens (tertiary/aromatic N) is 2. The lowest BCUT2D eigenvalue weighted by Gasteiger charge is -2.14. The van der Waals surface area contributed by atoms with E-state index in [-0.39, 0.29) is 24.3 Å². The number of anilines is 1. The number of rotatable bonds is 4. The van der Waals surface area contributed by atoms with Crippen LogP contribution in [0.5, 0.6) is 0 Å². The van der Waals surface area contributed by atoms with Gasteiger partial charge in [-0.25, -0.2) is 0 Å². The summed E-state index contributed by atoms with van der Waals surface area (Å²) in [6.45, 7) is 4.88. The SMILES string of the molecule is CCNc1ccnc(CN2C(=O)CC(C)C2=O)c1. The zero-order valence-corrected chi connectivity index (χ0v) is 10.6. The predicted octanol–water partition coefficient (Wildman–Crippen LogP) is 1.41. The molecule has 0 spiro atoms. The van der Waals surface area contributed by atoms with Crippen molar-refractivity contribution in [2.75, 3.05) is 11.9 Å². The van der Waals surface area contributed by atoms with E-state index in [4.69, 9.17) is 0 Å². The maximum atomic E-state index is 11.8. The molecule has 5 nitrogen and oxygen atoms in total. The van der Waals surface area contributed by atoms with Gasteiger partial charge in [0.05, 0.1) is 12.2 Å². The molecule has 1 N–H and O–H groups in total. The molecule has 1 fully saturated rings. The summed E-state index contributed by atoms with van der Waals surface area (Å²) in [4.78, 5) is 29.0. The summed E-state index contributed by atoms with van der Waals surface area (Å²) in [6, 6.07) is 3.73. The van der Waals surface area contributed by atoms with Crippen molar-refractivity contribution in [1.82, 2.24) is 9.88 Å². The van der Waals surface area contributed by atoms with E-state index < -0.39 is 0 Å². The summed E-state index contributed by atoms with van der Waals surface area (Å²) in [7, 11) is 0. The Labute approximate surface area is 106 Å². The second-order valence-corrected chi connectivity index (χ2v) is 4.49. The van der Waals surface area contributed by atoms with Crippen LogP contribution in [0.3, 0.4) is 0 Å². The van der Waals surface area contributed by atoms with Crippen molar-refractivity contribution in [2.24, 2.45) is 5.92 Å². The van der Waals surface area contributed by atoms with Crippen LogP contribution in [-0.4, -0.2) is 28.2 Å². The van der Waals surface area contributed by atoms with Crippen molar-refractivity contribution >= 4 is 17.5 Å². The van der Waals surface area contributed by atoms with E-state index in [1.54, 1.807) is 13.1 Å². The van der Waals surface area contributed by atoms with Crippen molar-refractivity contribution in [1.29, 1.82) is 0 Å². The number of carbonyl (C=O) groups excluding carboxylic acids is 2. The van der Waals surface area contributed by atoms with Crippen LogP contribution in [0.25, 0.3) is 0 Å². The maximum Gasteiger partial charge on any atom is 0.232 e. The third kappa shape index (κ3) is 2.50. The first kappa shape index (κ1) is 12.5. The molecule has 96 valence electrons. The summed E-state index contributed by atoms with van der Waals surface area (Å²) in [6.07, 6.45) is 1.99. The molecule has 1 unspecified atom stereocenters. The van der Waals surface area contributed by atoms with Gasteiger partial charge in [-0.1, -0.05) is 6.92 Å². The van der Waals surface area contributed by atoms with E-state index in [0.717, 1.165) is 17.9 Å². The fourth-order valence-corrected chi connectivity index (χ4v) is 2.06. The van der Waals surface area contributed by atoms with Gasteiger partial charge in [0.15, 0.2) is 0 Å². The normalized spacial score (nSPS) is 19.4. The van der Waals surface area contributed by atoms with Crippen LogP contribution in [0, 0.1) is 5.92 Å². The minimum atomic E-state index is -0.200. The molecule has 2 amide bonds. The fourth-order valence-electron chi connectivity index (χ4n) is 2.06. The Morgan fingerprint density at radius 1 is 1.50 bits per heavy atom. The summed E-state index contributed by atoms with van der Waals surface area (Å²) < 4.78 is 0. The molecule has 1 aliphatic rings. The third-order valence-corrected chi connectivity index (χ3v) is 2.99. The third-order valence-electron chi connectivity index (χ3n) is 2.99. The van der Waals surface area contributed by atoms with Crippen molar-refractivity contribution < 1.29 is 9.59 Å². The van der Waals surface area contributed by atoms with Gasteiger partial charge in [-0.2, -0.15) is 0 Å². The average molecular weight is 247 g/mol. The van der Waals surface area contributed by atoms with Crippen molar-refractivity contribution in [3.05, 3.63) is 24.0 Å². The molecule has 1 aromatic rings. The number of aromatic nitrogens is 1. The zero-order chi connectivity index (χ0) is 13.1. The lowest BCUT2D eigenvalue weighted by atomic mass is 10.1. The maximum absolute atomic E-state index is 11.8. The molecule has 0 aliphatic carbocycles. The Bertz CT molecular complexity index is 473. The number of hydrogen-bond donors (Lipinski definition) is 1. The van der Waals surface area contributed by atoms with Gasteiger partial charge in [-0.05, 0) is 19.1 Å². The molecule has 0 bridgehead atoms. The first-order valence-electron chi connectivity index (χ1n) is 6.14. The Hall–Kier alpha value is -1.91. The van der Waals surface area contributed by atoms with Crippen molar-refractivity contribution in [2.45, 2.75) is 26.8 Å². The van der Waals surface area contributed by atoms with Crippen LogP contribution >= 0.6 is 0 Å². The van der Waals surface area contributed by atoms with E-state index in [2.05, 4.69) is 10.3 Å². The van der Waals surface area contributed by atoms with E-state index in [0.29, 0.717) is 6.42 Å². The van der Waals surface area contributed by atoms with Crippen molar-refractivity contribution in [3.63, 3.8) is 0 Å². The van der Waals surface area contributed by atoms with Crippen LogP contribution in [0.1, 0.15) is 26.0 Å². The molecule has 1 aromatic heterocycles. The number of carbonyl (C=O) groups is 2. The monoisotopic (exact) mass is 247 g/mol. The minimum Gasteiger partial charge on any atom is -0.385 e. The summed E-state index contributed by atoms with van der Waals surface area (Å²) >= 11 is 0. The van der Waals surface area contributed by atoms with Gasteiger partial charge in [-0.3, -0.25) is 19.5 Å². The van der Waals surface area contributed by atoms with Crippen LogP contribution in [0.4, 0.5) is 5.69 Å². The molecule has 0 radical (unpaired) electrons. The van der Waals surface area contributed by atoms with Crippen LogP contribution in [0.15, 0.2) is 18.3 Å². The highest BCUT2D eigenvalue weighted by atomic mass is 16.2. The van der Waals surface area contributed by atoms with Gasteiger partial charge >= 0.3 is 0 Å². The lowest BCUT2D eigenvalue weighted by Crippen LogP contribution is -2.30. The molecular weight excluding hydrogens is 230 g/mol. The molecular formula is C13H17N3O2. The number of hydrogen-bond acceptors (Lipinski definition) is 4. The molecule has 0 saturated carbocycles. The fraction of sp³-hybridized carbons (Fsp3) is 0.462. The van der Waals surface area contributed by atoms with Gasteiger partial charge in [0.25, 0.3) is 0 Å². The number of likely N-dealkylation sites (tertiary alicyclic amines) is 1. The van der Waals surface area contributed by atoms with Crippen LogP contribution in [0.2, 0.25) is 0 Å². The number of imide groups is 1. The molecule has 1 atom stereocenters. The molecule has 5 heteroatoms. The second kappa shape index (κ2) is 5.16. The van der Waals surface area contributed by atoms with Gasteiger partial charge < -0.3 is 5.32 Å². The standard InChI is InChI=1S/C13H17N3O2/c1-3-14-10-4-5-15-11(7-10)8-16-12(17)6-9(2)13(16)18/h4-5,7,9H,3,6,8H2,1-2H3,(H,14,15). The number of nitrogens with one attached hydrogen (secondary N) is 1. The van der Waals surface area contributed by atoms with Gasteiger partial charge in [0, 0.05) is 30.8 Å². The van der Waals surface area contributed by atoms with Crippen LogP contribution < -0.4 is 5.32 Å². The van der Waals surface area contributed by atoms with Gasteiger partial charge in [0.1, 0.15) is 0 Å². The van der Waals surface area contributed by atoms with E-state index in [1.807, 2.05) is 19.1 Å². The molecule has 0 aromatic carbocycles. The summed E-state index contributed by atoms with van der Waals surface area (Å²) in [5, 5.41) is 3.18. The predicted molar refractivity (Wildman–Crippen MR) is 67.7 cm³/mol. The van der Waals surface area contributed by atoms with E-state index in [9.17, 15) is 9.59 Å². The highest BCUT2D eigenvalue weighted by molar-refractivity contribution is 6.03. The summed E-state index contributed by atoms with van der Waals surface area (Å²) in [5.74, 6) is -0.409. The summed E-state index contributed by atoms with van der Waals surface area (Å²) in [5.41, 5.74) is 1.68. The quantitative estimate of drug-likeness (QED) is 0.817. The highest BCUT2D eigenvalue weighted by Gasteiger charge is 2.35. The Morgan fingerprint density at radius 2 is 2.28 bits per heavy atom. The van der Waals surface area contributed by atoms with Gasteiger partial charge in [0.2, 0.25) is 11.8 Å². The zero-order valence-electron chi connectivity index (χ0n) is 10.6. The lowest BCUT2D eigenvalue weighted by molar-refractivity contribution is -0.139. The first-order chi connectivity index (χ1) is 8.61.